The molecule has 0 atom stereocenters. The predicted molar refractivity (Wildman–Crippen MR) is 77.3 cm³/mol. The van der Waals surface area contributed by atoms with Gasteiger partial charge in [-0.15, -0.1) is 0 Å². The summed E-state index contributed by atoms with van der Waals surface area (Å²) >= 11 is 0. The van der Waals surface area contributed by atoms with Crippen LogP contribution in [0.4, 0.5) is 21.6 Å². The number of carbonyl (C=O) groups is 2. The molecule has 0 aliphatic rings. The molecule has 1 N–H and O–H groups in total. The largest absolute Gasteiger partial charge is 0.450 e. The van der Waals surface area contributed by atoms with Crippen molar-refractivity contribution in [1.82, 2.24) is 0 Å². The number of ether oxygens (including phenoxy) is 1. The van der Waals surface area contributed by atoms with E-state index in [1.807, 2.05) is 0 Å². The zero-order valence-electron chi connectivity index (χ0n) is 12.1. The van der Waals surface area contributed by atoms with Crippen LogP contribution in [0, 0.1) is 26.0 Å². The number of nitrogens with one attached hydrogen (secondary N) is 1. The van der Waals surface area contributed by atoms with E-state index in [9.17, 15) is 34.2 Å². The van der Waals surface area contributed by atoms with E-state index in [1.165, 1.54) is 0 Å². The fourth-order valence-electron chi connectivity index (χ4n) is 1.67. The molecule has 0 radical (unpaired) electrons. The average molecular weight is 353 g/mol. The van der Waals surface area contributed by atoms with Gasteiger partial charge >= 0.3 is 17.5 Å². The molecule has 0 fully saturated rings. The molecule has 1 amide bonds. The molecule has 12 heteroatoms. The molecule has 0 saturated carbocycles. The number of esters is 1. The van der Waals surface area contributed by atoms with E-state index in [-0.39, 0.29) is 5.69 Å². The summed E-state index contributed by atoms with van der Waals surface area (Å²) in [5, 5.41) is 23.2. The number of nitro benzene ring substituents is 1. The Morgan fingerprint density at radius 1 is 1.16 bits per heavy atom. The van der Waals surface area contributed by atoms with Crippen molar-refractivity contribution in [3.63, 3.8) is 0 Å². The van der Waals surface area contributed by atoms with Crippen molar-refractivity contribution >= 4 is 29.1 Å². The summed E-state index contributed by atoms with van der Waals surface area (Å²) in [5.74, 6) is -4.20. The second-order valence-corrected chi connectivity index (χ2v) is 4.44. The lowest BCUT2D eigenvalue weighted by Crippen LogP contribution is -2.20. The SMILES string of the molecule is O=C(COC(=O)c1ccc([N+](=O)[O-])o1)Nc1ccc(F)c([N+](=O)[O-])c1. The molecule has 25 heavy (non-hydrogen) atoms. The molecule has 0 aliphatic carbocycles. The summed E-state index contributed by atoms with van der Waals surface area (Å²) < 4.78 is 22.3. The third-order valence-electron chi connectivity index (χ3n) is 2.73. The van der Waals surface area contributed by atoms with E-state index >= 15 is 0 Å². The Labute approximate surface area is 137 Å². The Bertz CT molecular complexity index is 863. The maximum absolute atomic E-state index is 13.2. The highest BCUT2D eigenvalue weighted by molar-refractivity contribution is 5.94. The average Bonchev–Trinajstić information content (AvgIpc) is 3.04. The smallest absolute Gasteiger partial charge is 0.433 e. The Hall–Kier alpha value is -3.83. The normalized spacial score (nSPS) is 10.1. The summed E-state index contributed by atoms with van der Waals surface area (Å²) in [7, 11) is 0. The Morgan fingerprint density at radius 2 is 1.88 bits per heavy atom. The molecule has 11 nitrogen and oxygen atoms in total. The van der Waals surface area contributed by atoms with Gasteiger partial charge in [-0.1, -0.05) is 0 Å². The fraction of sp³-hybridized carbons (Fsp3) is 0.0769. The minimum absolute atomic E-state index is 0.0808. The number of nitrogens with zero attached hydrogens (tertiary/aromatic N) is 2. The topological polar surface area (TPSA) is 155 Å². The van der Waals surface area contributed by atoms with Gasteiger partial charge in [0.05, 0.1) is 11.0 Å². The number of furan rings is 1. The second-order valence-electron chi connectivity index (χ2n) is 4.44. The van der Waals surface area contributed by atoms with Gasteiger partial charge in [-0.25, -0.2) is 4.79 Å². The van der Waals surface area contributed by atoms with Crippen LogP contribution in [0.25, 0.3) is 0 Å². The third-order valence-corrected chi connectivity index (χ3v) is 2.73. The van der Waals surface area contributed by atoms with E-state index in [0.717, 1.165) is 30.3 Å². The molecule has 1 aromatic heterocycles. The van der Waals surface area contributed by atoms with Crippen molar-refractivity contribution in [2.45, 2.75) is 0 Å². The van der Waals surface area contributed by atoms with Crippen LogP contribution in [-0.2, 0) is 9.53 Å². The number of hydrogen-bond donors (Lipinski definition) is 1. The number of rotatable bonds is 6. The minimum Gasteiger partial charge on any atom is -0.450 e. The lowest BCUT2D eigenvalue weighted by atomic mass is 10.2. The van der Waals surface area contributed by atoms with Gasteiger partial charge in [-0.2, -0.15) is 4.39 Å². The van der Waals surface area contributed by atoms with Crippen LogP contribution in [0.1, 0.15) is 10.6 Å². The van der Waals surface area contributed by atoms with Gasteiger partial charge in [0, 0.05) is 11.8 Å². The Morgan fingerprint density at radius 3 is 2.48 bits per heavy atom. The number of nitro groups is 2. The molecule has 0 spiro atoms. The first-order chi connectivity index (χ1) is 11.8. The highest BCUT2D eigenvalue weighted by Gasteiger charge is 2.20. The lowest BCUT2D eigenvalue weighted by molar-refractivity contribution is -0.402. The summed E-state index contributed by atoms with van der Waals surface area (Å²) in [6, 6.07) is 4.61. The molecule has 2 rings (SSSR count). The van der Waals surface area contributed by atoms with Gasteiger partial charge < -0.3 is 14.5 Å². The zero-order valence-corrected chi connectivity index (χ0v) is 12.1. The van der Waals surface area contributed by atoms with E-state index in [2.05, 4.69) is 14.5 Å². The molecule has 130 valence electrons. The maximum atomic E-state index is 13.2. The van der Waals surface area contributed by atoms with Crippen LogP contribution in [0.3, 0.4) is 0 Å². The summed E-state index contributed by atoms with van der Waals surface area (Å²) in [4.78, 5) is 42.4. The van der Waals surface area contributed by atoms with Crippen molar-refractivity contribution in [1.29, 1.82) is 0 Å². The second kappa shape index (κ2) is 7.16. The highest BCUT2D eigenvalue weighted by Crippen LogP contribution is 2.21. The van der Waals surface area contributed by atoms with Crippen LogP contribution in [0.15, 0.2) is 34.7 Å². The Kier molecular flexibility index (Phi) is 5.02. The highest BCUT2D eigenvalue weighted by atomic mass is 19.1. The van der Waals surface area contributed by atoms with E-state index in [1.54, 1.807) is 0 Å². The number of anilines is 1. The third kappa shape index (κ3) is 4.34. The first-order valence-corrected chi connectivity index (χ1v) is 6.43. The monoisotopic (exact) mass is 353 g/mol. The van der Waals surface area contributed by atoms with Crippen LogP contribution in [-0.4, -0.2) is 28.3 Å². The standard InChI is InChI=1S/C13H8FN3O8/c14-8-2-1-7(5-9(8)16(20)21)15-11(18)6-24-13(19)10-3-4-12(25-10)17(22)23/h1-5H,6H2,(H,15,18). The van der Waals surface area contributed by atoms with Crippen molar-refractivity contribution in [3.05, 3.63) is 62.1 Å². The van der Waals surface area contributed by atoms with Crippen molar-refractivity contribution < 1.29 is 33.0 Å². The van der Waals surface area contributed by atoms with Gasteiger partial charge in [0.2, 0.25) is 11.6 Å². The molecule has 0 bridgehead atoms. The van der Waals surface area contributed by atoms with Crippen LogP contribution in [0.2, 0.25) is 0 Å². The summed E-state index contributed by atoms with van der Waals surface area (Å²) in [5.41, 5.74) is -0.916. The van der Waals surface area contributed by atoms with Gasteiger partial charge in [-0.05, 0) is 18.2 Å². The molecule has 2 aromatic rings. The first kappa shape index (κ1) is 17.5. The quantitative estimate of drug-likeness (QED) is 0.470. The first-order valence-electron chi connectivity index (χ1n) is 6.43. The fourth-order valence-corrected chi connectivity index (χ4v) is 1.67. The van der Waals surface area contributed by atoms with Gasteiger partial charge in [0.25, 0.3) is 5.91 Å². The van der Waals surface area contributed by atoms with Crippen LogP contribution < -0.4 is 5.32 Å². The van der Waals surface area contributed by atoms with Crippen LogP contribution >= 0.6 is 0 Å². The molecular weight excluding hydrogens is 345 g/mol. The zero-order chi connectivity index (χ0) is 18.6. The lowest BCUT2D eigenvalue weighted by Gasteiger charge is -2.05. The van der Waals surface area contributed by atoms with E-state index in [0.29, 0.717) is 0 Å². The Balaban J connectivity index is 1.94. The number of benzene rings is 1. The number of amides is 1. The maximum Gasteiger partial charge on any atom is 0.433 e. The molecule has 0 unspecified atom stereocenters. The van der Waals surface area contributed by atoms with Crippen molar-refractivity contribution in [3.8, 4) is 0 Å². The minimum atomic E-state index is -1.12. The van der Waals surface area contributed by atoms with Gasteiger partial charge in [0.15, 0.2) is 6.61 Å². The number of halogens is 1. The van der Waals surface area contributed by atoms with Gasteiger partial charge in [-0.3, -0.25) is 25.0 Å². The molecule has 1 heterocycles. The predicted octanol–water partition coefficient (Wildman–Crippen LogP) is 2.03. The summed E-state index contributed by atoms with van der Waals surface area (Å²) in [6.45, 7) is -0.793. The number of hydrogen-bond acceptors (Lipinski definition) is 8. The van der Waals surface area contributed by atoms with Crippen LogP contribution in [0.5, 0.6) is 0 Å². The van der Waals surface area contributed by atoms with Crippen molar-refractivity contribution in [2.75, 3.05) is 11.9 Å². The molecular formula is C13H8FN3O8. The molecule has 0 saturated heterocycles. The molecule has 0 aliphatic heterocycles. The van der Waals surface area contributed by atoms with Gasteiger partial charge in [0.1, 0.15) is 4.92 Å². The number of carbonyl (C=O) groups excluding carboxylic acids is 2. The summed E-state index contributed by atoms with van der Waals surface area (Å²) in [6.07, 6.45) is 0. The molecule has 1 aromatic carbocycles. The van der Waals surface area contributed by atoms with E-state index < -0.39 is 51.5 Å². The van der Waals surface area contributed by atoms with Crippen molar-refractivity contribution in [2.24, 2.45) is 0 Å². The van der Waals surface area contributed by atoms with E-state index in [4.69, 9.17) is 0 Å².